The van der Waals surface area contributed by atoms with E-state index in [-0.39, 0.29) is 5.91 Å². The van der Waals surface area contributed by atoms with Crippen LogP contribution >= 0.6 is 15.9 Å². The van der Waals surface area contributed by atoms with Gasteiger partial charge in [0.2, 0.25) is 0 Å². The van der Waals surface area contributed by atoms with Crippen LogP contribution in [-0.4, -0.2) is 34.9 Å². The first-order chi connectivity index (χ1) is 9.04. The number of benzene rings is 1. The molecule has 1 aromatic heterocycles. The third-order valence-corrected chi connectivity index (χ3v) is 3.40. The van der Waals surface area contributed by atoms with Crippen LogP contribution in [0.5, 0.6) is 0 Å². The monoisotopic (exact) mass is 323 g/mol. The highest BCUT2D eigenvalue weighted by Gasteiger charge is 2.18. The molecule has 100 valence electrons. The molecule has 2 rings (SSSR count). The maximum atomic E-state index is 12.0. The van der Waals surface area contributed by atoms with E-state index in [1.54, 1.807) is 17.9 Å². The highest BCUT2D eigenvalue weighted by atomic mass is 79.9. The second-order valence-corrected chi connectivity index (χ2v) is 4.93. The lowest BCUT2D eigenvalue weighted by Gasteiger charge is -2.13. The van der Waals surface area contributed by atoms with Gasteiger partial charge in [-0.2, -0.15) is 5.10 Å². The van der Waals surface area contributed by atoms with Crippen LogP contribution in [0.15, 0.2) is 34.9 Å². The molecule has 0 atom stereocenters. The fourth-order valence-corrected chi connectivity index (χ4v) is 1.98. The average molecular weight is 324 g/mol. The number of carbonyl (C=O) groups excluding carboxylic acids is 1. The van der Waals surface area contributed by atoms with Crippen LogP contribution in [0, 0.1) is 6.92 Å². The number of halogens is 1. The molecule has 0 radical (unpaired) electrons. The first-order valence-electron chi connectivity index (χ1n) is 5.67. The Labute approximate surface area is 119 Å². The molecule has 0 fully saturated rings. The SMILES string of the molecule is CON(C)C(=O)c1cnn(-c2ccc(Br)cc2)c1C. The molecule has 6 heteroatoms. The molecule has 2 aromatic rings. The molecule has 1 heterocycles. The van der Waals surface area contributed by atoms with E-state index in [0.717, 1.165) is 15.9 Å². The number of rotatable bonds is 3. The van der Waals surface area contributed by atoms with Crippen LogP contribution in [0.1, 0.15) is 16.1 Å². The Morgan fingerprint density at radius 3 is 2.58 bits per heavy atom. The van der Waals surface area contributed by atoms with Gasteiger partial charge in [0.15, 0.2) is 0 Å². The van der Waals surface area contributed by atoms with E-state index in [9.17, 15) is 4.79 Å². The number of hydroxylamine groups is 2. The summed E-state index contributed by atoms with van der Waals surface area (Å²) in [5.74, 6) is -0.219. The minimum absolute atomic E-state index is 0.219. The summed E-state index contributed by atoms with van der Waals surface area (Å²) in [7, 11) is 3.02. The van der Waals surface area contributed by atoms with Gasteiger partial charge in [-0.25, -0.2) is 9.75 Å². The summed E-state index contributed by atoms with van der Waals surface area (Å²) < 4.78 is 2.72. The van der Waals surface area contributed by atoms with Gasteiger partial charge < -0.3 is 0 Å². The van der Waals surface area contributed by atoms with Gasteiger partial charge in [0.25, 0.3) is 5.91 Å². The van der Waals surface area contributed by atoms with Crippen LogP contribution < -0.4 is 0 Å². The summed E-state index contributed by atoms with van der Waals surface area (Å²) in [4.78, 5) is 16.9. The maximum Gasteiger partial charge on any atom is 0.280 e. The van der Waals surface area contributed by atoms with Crippen LogP contribution in [0.4, 0.5) is 0 Å². The third-order valence-electron chi connectivity index (χ3n) is 2.87. The molecule has 0 aliphatic heterocycles. The average Bonchev–Trinajstić information content (AvgIpc) is 2.80. The van der Waals surface area contributed by atoms with Gasteiger partial charge in [0.1, 0.15) is 0 Å². The highest BCUT2D eigenvalue weighted by Crippen LogP contribution is 2.18. The van der Waals surface area contributed by atoms with Crippen molar-refractivity contribution in [3.63, 3.8) is 0 Å². The molecule has 1 amide bonds. The number of hydrogen-bond donors (Lipinski definition) is 0. The summed E-state index contributed by atoms with van der Waals surface area (Å²) >= 11 is 3.39. The van der Waals surface area contributed by atoms with Crippen LogP contribution in [-0.2, 0) is 4.84 Å². The minimum atomic E-state index is -0.219. The largest absolute Gasteiger partial charge is 0.280 e. The maximum absolute atomic E-state index is 12.0. The van der Waals surface area contributed by atoms with Crippen molar-refractivity contribution in [1.82, 2.24) is 14.8 Å². The van der Waals surface area contributed by atoms with Crippen molar-refractivity contribution < 1.29 is 9.63 Å². The zero-order valence-corrected chi connectivity index (χ0v) is 12.5. The second kappa shape index (κ2) is 5.54. The highest BCUT2D eigenvalue weighted by molar-refractivity contribution is 9.10. The van der Waals surface area contributed by atoms with Crippen LogP contribution in [0.25, 0.3) is 5.69 Å². The molecule has 0 saturated heterocycles. The van der Waals surface area contributed by atoms with Gasteiger partial charge >= 0.3 is 0 Å². The zero-order valence-electron chi connectivity index (χ0n) is 10.9. The number of amides is 1. The van der Waals surface area contributed by atoms with Gasteiger partial charge in [-0.3, -0.25) is 9.63 Å². The van der Waals surface area contributed by atoms with Gasteiger partial charge in [-0.05, 0) is 31.2 Å². The fourth-order valence-electron chi connectivity index (χ4n) is 1.71. The molecular weight excluding hydrogens is 310 g/mol. The third kappa shape index (κ3) is 2.69. The molecule has 0 N–H and O–H groups in total. The van der Waals surface area contributed by atoms with Gasteiger partial charge in [-0.15, -0.1) is 0 Å². The van der Waals surface area contributed by atoms with Gasteiger partial charge in [0, 0.05) is 11.5 Å². The molecule has 0 aliphatic rings. The summed E-state index contributed by atoms with van der Waals surface area (Å²) in [5, 5.41) is 5.43. The Morgan fingerprint density at radius 1 is 1.37 bits per heavy atom. The van der Waals surface area contributed by atoms with Crippen molar-refractivity contribution in [1.29, 1.82) is 0 Å². The molecule has 0 spiro atoms. The Balaban J connectivity index is 2.38. The van der Waals surface area contributed by atoms with Crippen LogP contribution in [0.2, 0.25) is 0 Å². The van der Waals surface area contributed by atoms with Crippen molar-refractivity contribution in [2.75, 3.05) is 14.2 Å². The smallest absolute Gasteiger partial charge is 0.274 e. The predicted molar refractivity (Wildman–Crippen MR) is 75.1 cm³/mol. The Kier molecular flexibility index (Phi) is 4.01. The van der Waals surface area contributed by atoms with E-state index in [1.165, 1.54) is 12.2 Å². The summed E-state index contributed by atoms with van der Waals surface area (Å²) in [6.07, 6.45) is 1.55. The molecule has 5 nitrogen and oxygen atoms in total. The standard InChI is InChI=1S/C13H14BrN3O2/c1-9-12(13(18)16(2)19-3)8-15-17(9)11-6-4-10(14)5-7-11/h4-8H,1-3H3. The fraction of sp³-hybridized carbons (Fsp3) is 0.231. The topological polar surface area (TPSA) is 47.4 Å². The van der Waals surface area contributed by atoms with Crippen molar-refractivity contribution >= 4 is 21.8 Å². The van der Waals surface area contributed by atoms with Crippen molar-refractivity contribution in [3.8, 4) is 5.69 Å². The number of hydrogen-bond acceptors (Lipinski definition) is 3. The molecule has 1 aromatic carbocycles. The minimum Gasteiger partial charge on any atom is -0.274 e. The lowest BCUT2D eigenvalue weighted by Crippen LogP contribution is -2.25. The molecule has 0 bridgehead atoms. The zero-order chi connectivity index (χ0) is 14.0. The lowest BCUT2D eigenvalue weighted by atomic mass is 10.2. The number of carbonyl (C=O) groups is 1. The Bertz CT molecular complexity index is 592. The summed E-state index contributed by atoms with van der Waals surface area (Å²) in [5.41, 5.74) is 2.20. The molecule has 0 unspecified atom stereocenters. The predicted octanol–water partition coefficient (Wildman–Crippen LogP) is 2.58. The second-order valence-electron chi connectivity index (χ2n) is 4.02. The van der Waals surface area contributed by atoms with E-state index < -0.39 is 0 Å². The van der Waals surface area contributed by atoms with Crippen LogP contribution in [0.3, 0.4) is 0 Å². The normalized spacial score (nSPS) is 10.5. The van der Waals surface area contributed by atoms with E-state index in [0.29, 0.717) is 5.56 Å². The first kappa shape index (κ1) is 13.8. The van der Waals surface area contributed by atoms with E-state index >= 15 is 0 Å². The Morgan fingerprint density at radius 2 is 2.00 bits per heavy atom. The van der Waals surface area contributed by atoms with E-state index in [2.05, 4.69) is 21.0 Å². The van der Waals surface area contributed by atoms with Gasteiger partial charge in [-0.1, -0.05) is 15.9 Å². The summed E-state index contributed by atoms with van der Waals surface area (Å²) in [6, 6.07) is 7.72. The van der Waals surface area contributed by atoms with Gasteiger partial charge in [0.05, 0.1) is 30.3 Å². The molecule has 19 heavy (non-hydrogen) atoms. The quantitative estimate of drug-likeness (QED) is 0.816. The number of aromatic nitrogens is 2. The summed E-state index contributed by atoms with van der Waals surface area (Å²) in [6.45, 7) is 1.85. The molecule has 0 aliphatic carbocycles. The van der Waals surface area contributed by atoms with Crippen molar-refractivity contribution in [2.24, 2.45) is 0 Å². The molecular formula is C13H14BrN3O2. The lowest BCUT2D eigenvalue weighted by molar-refractivity contribution is -0.0757. The van der Waals surface area contributed by atoms with Crippen molar-refractivity contribution in [3.05, 3.63) is 46.2 Å². The number of nitrogens with zero attached hydrogens (tertiary/aromatic N) is 3. The van der Waals surface area contributed by atoms with E-state index in [4.69, 9.17) is 4.84 Å². The van der Waals surface area contributed by atoms with Crippen molar-refractivity contribution in [2.45, 2.75) is 6.92 Å². The first-order valence-corrected chi connectivity index (χ1v) is 6.46. The molecule has 0 saturated carbocycles. The van der Waals surface area contributed by atoms with E-state index in [1.807, 2.05) is 31.2 Å². The Hall–Kier alpha value is -1.66.